The average molecular weight is 160 g/mol. The van der Waals surface area contributed by atoms with Crippen molar-refractivity contribution in [3.8, 4) is 0 Å². The third-order valence-corrected chi connectivity index (χ3v) is 2.11. The Labute approximate surface area is 71.4 Å². The van der Waals surface area contributed by atoms with Crippen molar-refractivity contribution in [2.45, 2.75) is 13.0 Å². The monoisotopic (exact) mass is 160 g/mol. The lowest BCUT2D eigenvalue weighted by molar-refractivity contribution is 0.824. The van der Waals surface area contributed by atoms with Crippen molar-refractivity contribution in [1.29, 1.82) is 0 Å². The van der Waals surface area contributed by atoms with Gasteiger partial charge in [-0.25, -0.2) is 0 Å². The Hall–Kier alpha value is -1.28. The predicted octanol–water partition coefficient (Wildman–Crippen LogP) is 2.19. The van der Waals surface area contributed by atoms with E-state index in [9.17, 15) is 0 Å². The van der Waals surface area contributed by atoms with Crippen LogP contribution in [0.15, 0.2) is 30.5 Å². The van der Waals surface area contributed by atoms with Gasteiger partial charge in [0.1, 0.15) is 0 Å². The molecule has 2 nitrogen and oxygen atoms in total. The standard InChI is InChI=1S/C10H12N2/c1-7(11)9-4-2-3-8-5-6-12-10(8)9/h2-7,12H,11H2,1H3/t7-/m0/s1. The first-order valence-corrected chi connectivity index (χ1v) is 4.10. The van der Waals surface area contributed by atoms with Crippen molar-refractivity contribution in [2.75, 3.05) is 0 Å². The zero-order chi connectivity index (χ0) is 8.55. The van der Waals surface area contributed by atoms with E-state index in [0.717, 1.165) is 5.52 Å². The van der Waals surface area contributed by atoms with Crippen molar-refractivity contribution in [2.24, 2.45) is 5.73 Å². The molecule has 0 aliphatic carbocycles. The Kier molecular flexibility index (Phi) is 1.62. The Morgan fingerprint density at radius 1 is 1.33 bits per heavy atom. The Morgan fingerprint density at radius 3 is 2.92 bits per heavy atom. The van der Waals surface area contributed by atoms with Crippen LogP contribution in [-0.4, -0.2) is 4.98 Å². The lowest BCUT2D eigenvalue weighted by Crippen LogP contribution is -2.05. The molecule has 0 unspecified atom stereocenters. The number of H-pyrrole nitrogens is 1. The van der Waals surface area contributed by atoms with Crippen molar-refractivity contribution >= 4 is 10.9 Å². The Bertz CT molecular complexity index is 387. The molecule has 0 aliphatic heterocycles. The molecule has 2 heteroatoms. The molecule has 62 valence electrons. The highest BCUT2D eigenvalue weighted by atomic mass is 14.7. The molecule has 0 saturated heterocycles. The molecule has 2 aromatic rings. The summed E-state index contributed by atoms with van der Waals surface area (Å²) < 4.78 is 0. The fourth-order valence-electron chi connectivity index (χ4n) is 1.49. The summed E-state index contributed by atoms with van der Waals surface area (Å²) in [5, 5.41) is 1.23. The van der Waals surface area contributed by atoms with Crippen LogP contribution in [0.1, 0.15) is 18.5 Å². The van der Waals surface area contributed by atoms with E-state index in [1.54, 1.807) is 0 Å². The molecule has 0 fully saturated rings. The first-order chi connectivity index (χ1) is 5.79. The highest BCUT2D eigenvalue weighted by Crippen LogP contribution is 2.20. The summed E-state index contributed by atoms with van der Waals surface area (Å²) in [5.41, 5.74) is 8.16. The number of nitrogens with one attached hydrogen (secondary N) is 1. The largest absolute Gasteiger partial charge is 0.361 e. The number of nitrogens with two attached hydrogens (primary N) is 1. The lowest BCUT2D eigenvalue weighted by Gasteiger charge is -2.05. The van der Waals surface area contributed by atoms with E-state index in [1.807, 2.05) is 19.2 Å². The van der Waals surface area contributed by atoms with Crippen LogP contribution >= 0.6 is 0 Å². The smallest absolute Gasteiger partial charge is 0.0502 e. The molecule has 0 aliphatic rings. The molecule has 0 radical (unpaired) electrons. The Morgan fingerprint density at radius 2 is 2.17 bits per heavy atom. The van der Waals surface area contributed by atoms with Crippen molar-refractivity contribution in [1.82, 2.24) is 4.98 Å². The summed E-state index contributed by atoms with van der Waals surface area (Å²) in [4.78, 5) is 3.19. The van der Waals surface area contributed by atoms with Gasteiger partial charge in [-0.15, -0.1) is 0 Å². The molecule has 1 aromatic carbocycles. The van der Waals surface area contributed by atoms with Crippen molar-refractivity contribution < 1.29 is 0 Å². The minimum absolute atomic E-state index is 0.0901. The number of benzene rings is 1. The molecule has 0 saturated carbocycles. The molecule has 0 amide bonds. The summed E-state index contributed by atoms with van der Waals surface area (Å²) in [6.45, 7) is 2.00. The maximum Gasteiger partial charge on any atom is 0.0502 e. The van der Waals surface area contributed by atoms with Crippen molar-refractivity contribution in [3.63, 3.8) is 0 Å². The molecule has 2 rings (SSSR count). The van der Waals surface area contributed by atoms with Crippen LogP contribution in [-0.2, 0) is 0 Å². The van der Waals surface area contributed by atoms with E-state index < -0.39 is 0 Å². The van der Waals surface area contributed by atoms with E-state index in [0.29, 0.717) is 0 Å². The van der Waals surface area contributed by atoms with E-state index in [2.05, 4.69) is 23.2 Å². The van der Waals surface area contributed by atoms with Gasteiger partial charge in [-0.3, -0.25) is 0 Å². The lowest BCUT2D eigenvalue weighted by atomic mass is 10.1. The van der Waals surface area contributed by atoms with E-state index in [1.165, 1.54) is 10.9 Å². The Balaban J connectivity index is 2.73. The quantitative estimate of drug-likeness (QED) is 0.659. The minimum atomic E-state index is 0.0901. The van der Waals surface area contributed by atoms with E-state index in [-0.39, 0.29) is 6.04 Å². The molecule has 1 heterocycles. The van der Waals surface area contributed by atoms with Gasteiger partial charge in [-0.2, -0.15) is 0 Å². The molecular weight excluding hydrogens is 148 g/mol. The van der Waals surface area contributed by atoms with E-state index in [4.69, 9.17) is 5.73 Å². The summed E-state index contributed by atoms with van der Waals surface area (Å²) >= 11 is 0. The van der Waals surface area contributed by atoms with Crippen LogP contribution in [0.3, 0.4) is 0 Å². The maximum absolute atomic E-state index is 5.82. The molecule has 0 spiro atoms. The fourth-order valence-corrected chi connectivity index (χ4v) is 1.49. The fraction of sp³-hybridized carbons (Fsp3) is 0.200. The van der Waals surface area contributed by atoms with Gasteiger partial charge >= 0.3 is 0 Å². The number of aromatic amines is 1. The molecular formula is C10H12N2. The summed E-state index contributed by atoms with van der Waals surface area (Å²) in [5.74, 6) is 0. The zero-order valence-electron chi connectivity index (χ0n) is 7.04. The number of rotatable bonds is 1. The second-order valence-corrected chi connectivity index (χ2v) is 3.08. The van der Waals surface area contributed by atoms with Crippen LogP contribution in [0.4, 0.5) is 0 Å². The average Bonchev–Trinajstić information content (AvgIpc) is 2.49. The summed E-state index contributed by atoms with van der Waals surface area (Å²) in [6.07, 6.45) is 1.94. The molecule has 0 bridgehead atoms. The topological polar surface area (TPSA) is 41.8 Å². The van der Waals surface area contributed by atoms with E-state index >= 15 is 0 Å². The maximum atomic E-state index is 5.82. The number of fused-ring (bicyclic) bond motifs is 1. The van der Waals surface area contributed by atoms with Gasteiger partial charge in [0, 0.05) is 12.2 Å². The van der Waals surface area contributed by atoms with Gasteiger partial charge in [0.2, 0.25) is 0 Å². The normalized spacial score (nSPS) is 13.5. The van der Waals surface area contributed by atoms with Crippen LogP contribution in [0.2, 0.25) is 0 Å². The van der Waals surface area contributed by atoms with Gasteiger partial charge in [-0.1, -0.05) is 18.2 Å². The van der Waals surface area contributed by atoms with Crippen LogP contribution in [0, 0.1) is 0 Å². The molecule has 1 aromatic heterocycles. The highest BCUT2D eigenvalue weighted by Gasteiger charge is 2.04. The number of hydrogen-bond acceptors (Lipinski definition) is 1. The van der Waals surface area contributed by atoms with Crippen LogP contribution in [0.5, 0.6) is 0 Å². The van der Waals surface area contributed by atoms with Gasteiger partial charge in [0.25, 0.3) is 0 Å². The van der Waals surface area contributed by atoms with Crippen molar-refractivity contribution in [3.05, 3.63) is 36.0 Å². The van der Waals surface area contributed by atoms with Gasteiger partial charge in [-0.05, 0) is 23.9 Å². The van der Waals surface area contributed by atoms with Gasteiger partial charge < -0.3 is 10.7 Å². The number of aromatic nitrogens is 1. The minimum Gasteiger partial charge on any atom is -0.361 e. The molecule has 12 heavy (non-hydrogen) atoms. The predicted molar refractivity (Wildman–Crippen MR) is 50.9 cm³/mol. The first-order valence-electron chi connectivity index (χ1n) is 4.10. The first kappa shape index (κ1) is 7.37. The summed E-state index contributed by atoms with van der Waals surface area (Å²) in [6, 6.07) is 8.32. The number of hydrogen-bond donors (Lipinski definition) is 2. The van der Waals surface area contributed by atoms with Crippen LogP contribution < -0.4 is 5.73 Å². The third kappa shape index (κ3) is 1.01. The van der Waals surface area contributed by atoms with Gasteiger partial charge in [0.05, 0.1) is 5.52 Å². The molecule has 1 atom stereocenters. The van der Waals surface area contributed by atoms with Crippen LogP contribution in [0.25, 0.3) is 10.9 Å². The zero-order valence-corrected chi connectivity index (χ0v) is 7.04. The van der Waals surface area contributed by atoms with Gasteiger partial charge in [0.15, 0.2) is 0 Å². The second kappa shape index (κ2) is 2.64. The second-order valence-electron chi connectivity index (χ2n) is 3.08. The highest BCUT2D eigenvalue weighted by molar-refractivity contribution is 5.82. The summed E-state index contributed by atoms with van der Waals surface area (Å²) in [7, 11) is 0. The number of para-hydroxylation sites is 1. The third-order valence-electron chi connectivity index (χ3n) is 2.11. The molecule has 3 N–H and O–H groups in total. The SMILES string of the molecule is C[C@H](N)c1cccc2cc[nH]c12.